The van der Waals surface area contributed by atoms with Crippen molar-refractivity contribution in [2.45, 2.75) is 26.7 Å². The fraction of sp³-hybridized carbons (Fsp3) is 0.286. The monoisotopic (exact) mass is 462 g/mol. The Balaban J connectivity index is 2.15. The summed E-state index contributed by atoms with van der Waals surface area (Å²) in [5, 5.41) is 3.15. The maximum absolute atomic E-state index is 12.1. The standard InChI is InChI=1S/C28H30O6/c1-5-13-31-25(29)17-33-27-21-11-9-20(8-4)16-24(21)28(34-18-26(30)32-14-6-2)22-12-10-19(7-3)15-23(22)27/h5-6,9-12,15-16H,1-2,7-8,13-14,17-18H2,3-4H3. The van der Waals surface area contributed by atoms with E-state index in [9.17, 15) is 9.59 Å². The van der Waals surface area contributed by atoms with E-state index in [1.165, 1.54) is 12.2 Å². The minimum atomic E-state index is -0.483. The second-order valence-electron chi connectivity index (χ2n) is 7.65. The van der Waals surface area contributed by atoms with Gasteiger partial charge in [-0.3, -0.25) is 0 Å². The number of fused-ring (bicyclic) bond motifs is 2. The second kappa shape index (κ2) is 11.9. The van der Waals surface area contributed by atoms with Crippen LogP contribution < -0.4 is 9.47 Å². The van der Waals surface area contributed by atoms with Gasteiger partial charge >= 0.3 is 11.9 Å². The molecule has 0 spiro atoms. The highest BCUT2D eigenvalue weighted by atomic mass is 16.6. The van der Waals surface area contributed by atoms with Crippen LogP contribution in [0.5, 0.6) is 11.5 Å². The lowest BCUT2D eigenvalue weighted by Gasteiger charge is -2.18. The van der Waals surface area contributed by atoms with Crippen LogP contribution in [0.4, 0.5) is 0 Å². The third kappa shape index (κ3) is 5.76. The van der Waals surface area contributed by atoms with Crippen LogP contribution >= 0.6 is 0 Å². The molecule has 0 saturated heterocycles. The van der Waals surface area contributed by atoms with Gasteiger partial charge in [0, 0.05) is 21.5 Å². The van der Waals surface area contributed by atoms with Gasteiger partial charge in [0.15, 0.2) is 13.2 Å². The number of rotatable bonds is 12. The summed E-state index contributed by atoms with van der Waals surface area (Å²) in [6, 6.07) is 12.0. The lowest BCUT2D eigenvalue weighted by atomic mass is 9.96. The molecule has 0 atom stereocenters. The van der Waals surface area contributed by atoms with E-state index in [-0.39, 0.29) is 26.4 Å². The molecule has 0 radical (unpaired) electrons. The molecule has 0 amide bonds. The Labute approximate surface area is 199 Å². The van der Waals surface area contributed by atoms with Crippen LogP contribution in [0.25, 0.3) is 21.5 Å². The number of esters is 2. The average molecular weight is 463 g/mol. The molecular weight excluding hydrogens is 432 g/mol. The van der Waals surface area contributed by atoms with Crippen LogP contribution in [0.2, 0.25) is 0 Å². The minimum absolute atomic E-state index is 0.123. The molecule has 0 unspecified atom stereocenters. The van der Waals surface area contributed by atoms with Crippen molar-refractivity contribution in [3.05, 3.63) is 72.8 Å². The molecule has 0 aliphatic heterocycles. The molecule has 0 aliphatic rings. The van der Waals surface area contributed by atoms with Gasteiger partial charge < -0.3 is 18.9 Å². The lowest BCUT2D eigenvalue weighted by molar-refractivity contribution is -0.145. The fourth-order valence-corrected chi connectivity index (χ4v) is 3.64. The number of carbonyl (C=O) groups is 2. The Hall–Kier alpha value is -3.80. The molecular formula is C28H30O6. The third-order valence-electron chi connectivity index (χ3n) is 5.36. The molecule has 178 valence electrons. The van der Waals surface area contributed by atoms with Crippen molar-refractivity contribution >= 4 is 33.5 Å². The maximum Gasteiger partial charge on any atom is 0.344 e. The average Bonchev–Trinajstić information content (AvgIpc) is 2.87. The Morgan fingerprint density at radius 2 is 1.12 bits per heavy atom. The summed E-state index contributed by atoms with van der Waals surface area (Å²) in [4.78, 5) is 24.2. The van der Waals surface area contributed by atoms with Crippen molar-refractivity contribution in [2.24, 2.45) is 0 Å². The van der Waals surface area contributed by atoms with Crippen molar-refractivity contribution in [2.75, 3.05) is 26.4 Å². The quantitative estimate of drug-likeness (QED) is 0.206. The molecule has 0 aromatic heterocycles. The van der Waals surface area contributed by atoms with E-state index in [4.69, 9.17) is 18.9 Å². The van der Waals surface area contributed by atoms with E-state index in [0.29, 0.717) is 11.5 Å². The van der Waals surface area contributed by atoms with E-state index in [1.54, 1.807) is 0 Å². The number of hydrogen-bond donors (Lipinski definition) is 0. The Morgan fingerprint density at radius 3 is 1.47 bits per heavy atom. The summed E-state index contributed by atoms with van der Waals surface area (Å²) in [6.07, 6.45) is 4.67. The van der Waals surface area contributed by atoms with E-state index >= 15 is 0 Å². The summed E-state index contributed by atoms with van der Waals surface area (Å²) >= 11 is 0. The van der Waals surface area contributed by atoms with Crippen molar-refractivity contribution < 1.29 is 28.5 Å². The van der Waals surface area contributed by atoms with Crippen LogP contribution in [-0.4, -0.2) is 38.4 Å². The molecule has 0 aliphatic carbocycles. The minimum Gasteiger partial charge on any atom is -0.481 e. The van der Waals surface area contributed by atoms with Crippen molar-refractivity contribution in [1.82, 2.24) is 0 Å². The molecule has 0 heterocycles. The molecule has 0 bridgehead atoms. The third-order valence-corrected chi connectivity index (χ3v) is 5.36. The van der Waals surface area contributed by atoms with Crippen LogP contribution in [0.15, 0.2) is 61.7 Å². The fourth-order valence-electron chi connectivity index (χ4n) is 3.64. The van der Waals surface area contributed by atoms with Crippen molar-refractivity contribution in [1.29, 1.82) is 0 Å². The molecule has 0 fully saturated rings. The molecule has 3 rings (SSSR count). The molecule has 6 nitrogen and oxygen atoms in total. The van der Waals surface area contributed by atoms with Gasteiger partial charge in [0.2, 0.25) is 0 Å². The van der Waals surface area contributed by atoms with E-state index in [0.717, 1.165) is 45.5 Å². The molecule has 6 heteroatoms. The Kier molecular flexibility index (Phi) is 8.68. The SMILES string of the molecule is C=CCOC(=O)COc1c2ccc(CC)cc2c(OCC(=O)OCC=C)c2ccc(CC)cc12. The smallest absolute Gasteiger partial charge is 0.344 e. The summed E-state index contributed by atoms with van der Waals surface area (Å²) in [6.45, 7) is 11.0. The molecule has 3 aromatic carbocycles. The summed E-state index contributed by atoms with van der Waals surface area (Å²) in [5.41, 5.74) is 2.21. The summed E-state index contributed by atoms with van der Waals surface area (Å²) in [7, 11) is 0. The van der Waals surface area contributed by atoms with Crippen LogP contribution in [0, 0.1) is 0 Å². The predicted octanol–water partition coefficient (Wildman–Crippen LogP) is 5.33. The Bertz CT molecular complexity index is 1120. The Morgan fingerprint density at radius 1 is 0.706 bits per heavy atom. The van der Waals surface area contributed by atoms with Gasteiger partial charge in [-0.05, 0) is 36.1 Å². The number of aryl methyl sites for hydroxylation is 2. The molecule has 0 N–H and O–H groups in total. The van der Waals surface area contributed by atoms with Gasteiger partial charge in [0.05, 0.1) is 0 Å². The van der Waals surface area contributed by atoms with Gasteiger partial charge in [-0.1, -0.05) is 63.4 Å². The number of carbonyl (C=O) groups excluding carboxylic acids is 2. The first-order valence-corrected chi connectivity index (χ1v) is 11.3. The first kappa shape index (κ1) is 24.8. The molecule has 0 saturated carbocycles. The van der Waals surface area contributed by atoms with Crippen molar-refractivity contribution in [3.63, 3.8) is 0 Å². The zero-order valence-corrected chi connectivity index (χ0v) is 19.7. The van der Waals surface area contributed by atoms with Crippen LogP contribution in [-0.2, 0) is 31.9 Å². The predicted molar refractivity (Wildman–Crippen MR) is 134 cm³/mol. The normalized spacial score (nSPS) is 10.6. The van der Waals surface area contributed by atoms with Gasteiger partial charge in [-0.15, -0.1) is 0 Å². The van der Waals surface area contributed by atoms with Gasteiger partial charge in [-0.25, -0.2) is 9.59 Å². The van der Waals surface area contributed by atoms with Crippen LogP contribution in [0.1, 0.15) is 25.0 Å². The maximum atomic E-state index is 12.1. The lowest BCUT2D eigenvalue weighted by Crippen LogP contribution is -2.16. The summed E-state index contributed by atoms with van der Waals surface area (Å²) < 4.78 is 22.2. The highest BCUT2D eigenvalue weighted by molar-refractivity contribution is 6.11. The second-order valence-corrected chi connectivity index (χ2v) is 7.65. The number of hydrogen-bond acceptors (Lipinski definition) is 6. The first-order chi connectivity index (χ1) is 16.5. The first-order valence-electron chi connectivity index (χ1n) is 11.3. The van der Waals surface area contributed by atoms with E-state index in [1.807, 2.05) is 36.4 Å². The number of ether oxygens (including phenoxy) is 4. The zero-order chi connectivity index (χ0) is 24.5. The zero-order valence-electron chi connectivity index (χ0n) is 19.7. The van der Waals surface area contributed by atoms with E-state index < -0.39 is 11.9 Å². The topological polar surface area (TPSA) is 71.1 Å². The van der Waals surface area contributed by atoms with E-state index in [2.05, 4.69) is 27.0 Å². The molecule has 3 aromatic rings. The van der Waals surface area contributed by atoms with Gasteiger partial charge in [-0.2, -0.15) is 0 Å². The molecule has 34 heavy (non-hydrogen) atoms. The van der Waals surface area contributed by atoms with Gasteiger partial charge in [0.25, 0.3) is 0 Å². The van der Waals surface area contributed by atoms with Crippen molar-refractivity contribution in [3.8, 4) is 11.5 Å². The van der Waals surface area contributed by atoms with Gasteiger partial charge in [0.1, 0.15) is 24.7 Å². The number of benzene rings is 3. The van der Waals surface area contributed by atoms with Crippen LogP contribution in [0.3, 0.4) is 0 Å². The highest BCUT2D eigenvalue weighted by Crippen LogP contribution is 2.43. The highest BCUT2D eigenvalue weighted by Gasteiger charge is 2.19. The summed E-state index contributed by atoms with van der Waals surface area (Å²) in [5.74, 6) is 0.173. The largest absolute Gasteiger partial charge is 0.481 e.